The molecule has 3 aromatic carbocycles. The molecule has 0 amide bonds. The molecule has 3 aromatic rings. The zero-order chi connectivity index (χ0) is 18.9. The summed E-state index contributed by atoms with van der Waals surface area (Å²) in [4.78, 5) is -0.307. The van der Waals surface area contributed by atoms with E-state index in [9.17, 15) is 16.8 Å². The van der Waals surface area contributed by atoms with Gasteiger partial charge in [0.25, 0.3) is 0 Å². The van der Waals surface area contributed by atoms with E-state index in [2.05, 4.69) is 0 Å². The molecule has 0 aromatic heterocycles. The minimum absolute atomic E-state index is 0.0645. The van der Waals surface area contributed by atoms with Gasteiger partial charge in [-0.3, -0.25) is 0 Å². The number of aryl methyl sites for hydroxylation is 2. The zero-order valence-electron chi connectivity index (χ0n) is 14.4. The summed E-state index contributed by atoms with van der Waals surface area (Å²) in [6, 6.07) is 18.4. The molecule has 0 saturated heterocycles. The Labute approximate surface area is 154 Å². The topological polar surface area (TPSA) is 68.3 Å². The van der Waals surface area contributed by atoms with Crippen molar-refractivity contribution < 1.29 is 16.8 Å². The van der Waals surface area contributed by atoms with Crippen molar-refractivity contribution in [3.05, 3.63) is 83.9 Å². The predicted molar refractivity (Wildman–Crippen MR) is 99.7 cm³/mol. The summed E-state index contributed by atoms with van der Waals surface area (Å²) in [5, 5.41) is 0. The highest BCUT2D eigenvalue weighted by molar-refractivity contribution is 7.94. The van der Waals surface area contributed by atoms with E-state index >= 15 is 0 Å². The maximum absolute atomic E-state index is 13.0. The average molecular weight is 386 g/mol. The van der Waals surface area contributed by atoms with Crippen molar-refractivity contribution in [2.24, 2.45) is 0 Å². The highest BCUT2D eigenvalue weighted by Crippen LogP contribution is 2.31. The Morgan fingerprint density at radius 3 is 1.12 bits per heavy atom. The second-order valence-electron chi connectivity index (χ2n) is 6.08. The molecule has 0 aliphatic rings. The van der Waals surface area contributed by atoms with E-state index in [1.165, 1.54) is 48.5 Å². The Morgan fingerprint density at radius 1 is 0.500 bits per heavy atom. The molecule has 0 N–H and O–H groups in total. The molecule has 0 heterocycles. The normalized spacial score (nSPS) is 12.1. The standard InChI is InChI=1S/C20H18O4S2/c1-15-7-11-17(12-8-15)25(21,22)19-5-3-4-6-20(19)26(23,24)18-13-9-16(2)10-14-18/h3-14H,1-2H3. The fraction of sp³-hybridized carbons (Fsp3) is 0.100. The van der Waals surface area contributed by atoms with Crippen LogP contribution in [0, 0.1) is 13.8 Å². The Hall–Kier alpha value is -2.44. The lowest BCUT2D eigenvalue weighted by molar-refractivity contribution is 0.582. The van der Waals surface area contributed by atoms with Crippen LogP contribution >= 0.6 is 0 Å². The number of rotatable bonds is 4. The lowest BCUT2D eigenvalue weighted by Crippen LogP contribution is -2.10. The molecule has 0 bridgehead atoms. The first kappa shape index (κ1) is 18.4. The van der Waals surface area contributed by atoms with Crippen molar-refractivity contribution in [2.45, 2.75) is 33.4 Å². The SMILES string of the molecule is Cc1ccc(S(=O)(=O)c2ccccc2S(=O)(=O)c2ccc(C)cc2)cc1. The van der Waals surface area contributed by atoms with Crippen molar-refractivity contribution in [2.75, 3.05) is 0 Å². The van der Waals surface area contributed by atoms with Gasteiger partial charge in [-0.1, -0.05) is 47.5 Å². The first-order valence-corrected chi connectivity index (χ1v) is 10.9. The van der Waals surface area contributed by atoms with E-state index in [1.54, 1.807) is 24.3 Å². The van der Waals surface area contributed by atoms with Gasteiger partial charge in [-0.2, -0.15) is 0 Å². The lowest BCUT2D eigenvalue weighted by atomic mass is 10.2. The first-order chi connectivity index (χ1) is 12.2. The van der Waals surface area contributed by atoms with Gasteiger partial charge in [-0.25, -0.2) is 16.8 Å². The third-order valence-electron chi connectivity index (χ3n) is 4.09. The van der Waals surface area contributed by atoms with Crippen LogP contribution in [0.5, 0.6) is 0 Å². The minimum atomic E-state index is -3.96. The molecular formula is C20H18O4S2. The van der Waals surface area contributed by atoms with Crippen molar-refractivity contribution >= 4 is 19.7 Å². The number of sulfone groups is 2. The van der Waals surface area contributed by atoms with Crippen molar-refractivity contribution in [3.8, 4) is 0 Å². The van der Waals surface area contributed by atoms with E-state index in [0.29, 0.717) is 0 Å². The largest absolute Gasteiger partial charge is 0.218 e. The summed E-state index contributed by atoms with van der Waals surface area (Å²) >= 11 is 0. The molecule has 0 aliphatic heterocycles. The van der Waals surface area contributed by atoms with Crippen LogP contribution in [0.2, 0.25) is 0 Å². The van der Waals surface area contributed by atoms with Crippen LogP contribution < -0.4 is 0 Å². The van der Waals surface area contributed by atoms with Gasteiger partial charge >= 0.3 is 0 Å². The molecule has 0 saturated carbocycles. The summed E-state index contributed by atoms with van der Waals surface area (Å²) in [7, 11) is -7.93. The van der Waals surface area contributed by atoms with Crippen LogP contribution in [0.25, 0.3) is 0 Å². The first-order valence-electron chi connectivity index (χ1n) is 7.95. The Bertz CT molecular complexity index is 1050. The molecule has 134 valence electrons. The molecule has 3 rings (SSSR count). The Kier molecular flexibility index (Phi) is 4.73. The molecule has 4 nitrogen and oxygen atoms in total. The second-order valence-corrected chi connectivity index (χ2v) is 9.92. The van der Waals surface area contributed by atoms with Gasteiger partial charge in [0, 0.05) is 0 Å². The fourth-order valence-electron chi connectivity index (χ4n) is 2.58. The van der Waals surface area contributed by atoms with E-state index in [-0.39, 0.29) is 19.6 Å². The molecule has 0 radical (unpaired) electrons. The molecule has 0 fully saturated rings. The molecule has 0 spiro atoms. The van der Waals surface area contributed by atoms with Crippen LogP contribution in [0.3, 0.4) is 0 Å². The molecular weight excluding hydrogens is 368 g/mol. The summed E-state index contributed by atoms with van der Waals surface area (Å²) in [6.07, 6.45) is 0. The lowest BCUT2D eigenvalue weighted by Gasteiger charge is -2.12. The maximum atomic E-state index is 13.0. The van der Waals surface area contributed by atoms with Gasteiger partial charge in [0.15, 0.2) is 0 Å². The van der Waals surface area contributed by atoms with Crippen LogP contribution in [-0.2, 0) is 19.7 Å². The maximum Gasteiger partial charge on any atom is 0.207 e. The van der Waals surface area contributed by atoms with Crippen molar-refractivity contribution in [1.29, 1.82) is 0 Å². The Balaban J connectivity index is 2.20. The van der Waals surface area contributed by atoms with Gasteiger partial charge in [-0.15, -0.1) is 0 Å². The number of hydrogen-bond donors (Lipinski definition) is 0. The predicted octanol–water partition coefficient (Wildman–Crippen LogP) is 3.97. The molecule has 0 aliphatic carbocycles. The molecule has 6 heteroatoms. The monoisotopic (exact) mass is 386 g/mol. The molecule has 26 heavy (non-hydrogen) atoms. The zero-order valence-corrected chi connectivity index (χ0v) is 16.0. The smallest absolute Gasteiger partial charge is 0.207 e. The van der Waals surface area contributed by atoms with Gasteiger partial charge in [0.05, 0.1) is 19.6 Å². The van der Waals surface area contributed by atoms with Gasteiger partial charge in [0.2, 0.25) is 19.7 Å². The second kappa shape index (κ2) is 6.70. The van der Waals surface area contributed by atoms with Crippen LogP contribution in [-0.4, -0.2) is 16.8 Å². The third-order valence-corrected chi connectivity index (χ3v) is 7.88. The fourth-order valence-corrected chi connectivity index (χ4v) is 5.92. The van der Waals surface area contributed by atoms with Crippen LogP contribution in [0.15, 0.2) is 92.4 Å². The Morgan fingerprint density at radius 2 is 0.808 bits per heavy atom. The summed E-state index contributed by atoms with van der Waals surface area (Å²) < 4.78 is 52.1. The minimum Gasteiger partial charge on any atom is -0.218 e. The van der Waals surface area contributed by atoms with Gasteiger partial charge in [-0.05, 0) is 50.2 Å². The number of benzene rings is 3. The summed E-state index contributed by atoms with van der Waals surface area (Å²) in [5.41, 5.74) is 1.84. The van der Waals surface area contributed by atoms with Crippen LogP contribution in [0.4, 0.5) is 0 Å². The average Bonchev–Trinajstić information content (AvgIpc) is 2.62. The highest BCUT2D eigenvalue weighted by Gasteiger charge is 2.28. The van der Waals surface area contributed by atoms with Crippen molar-refractivity contribution in [1.82, 2.24) is 0 Å². The van der Waals surface area contributed by atoms with Crippen LogP contribution in [0.1, 0.15) is 11.1 Å². The van der Waals surface area contributed by atoms with Gasteiger partial charge < -0.3 is 0 Å². The summed E-state index contributed by atoms with van der Waals surface area (Å²) in [5.74, 6) is 0. The van der Waals surface area contributed by atoms with Crippen molar-refractivity contribution in [3.63, 3.8) is 0 Å². The molecule has 0 atom stereocenters. The van der Waals surface area contributed by atoms with E-state index < -0.39 is 19.7 Å². The van der Waals surface area contributed by atoms with E-state index in [0.717, 1.165) is 11.1 Å². The van der Waals surface area contributed by atoms with E-state index in [4.69, 9.17) is 0 Å². The highest BCUT2D eigenvalue weighted by atomic mass is 32.2. The molecule has 0 unspecified atom stereocenters. The summed E-state index contributed by atoms with van der Waals surface area (Å²) in [6.45, 7) is 3.71. The van der Waals surface area contributed by atoms with Gasteiger partial charge in [0.1, 0.15) is 0 Å². The number of hydrogen-bond acceptors (Lipinski definition) is 4. The third kappa shape index (κ3) is 3.30. The van der Waals surface area contributed by atoms with E-state index in [1.807, 2.05) is 13.8 Å². The quantitative estimate of drug-likeness (QED) is 0.680.